The minimum atomic E-state index is -1.22. The van der Waals surface area contributed by atoms with E-state index in [1.807, 2.05) is 12.5 Å². The van der Waals surface area contributed by atoms with E-state index in [0.29, 0.717) is 39.6 Å². The Kier molecular flexibility index (Phi) is 17.2. The van der Waals surface area contributed by atoms with Gasteiger partial charge in [-0.3, -0.25) is 4.98 Å². The Morgan fingerprint density at radius 3 is 1.21 bits per heavy atom. The predicted molar refractivity (Wildman–Crippen MR) is 190 cm³/mol. The number of quaternary nitrogens is 1. The van der Waals surface area contributed by atoms with Crippen LogP contribution in [-0.4, -0.2) is 83.6 Å². The second-order valence-electron chi connectivity index (χ2n) is 11.8. The van der Waals surface area contributed by atoms with E-state index < -0.39 is 6.15 Å². The summed E-state index contributed by atoms with van der Waals surface area (Å²) in [6, 6.07) is 43.5. The van der Waals surface area contributed by atoms with E-state index in [-0.39, 0.29) is 29.6 Å². The van der Waals surface area contributed by atoms with Crippen LogP contribution >= 0.6 is 0 Å². The second kappa shape index (κ2) is 21.8. The molecule has 0 radical (unpaired) electrons. The van der Waals surface area contributed by atoms with E-state index in [2.05, 4.69) is 131 Å². The third-order valence-electron chi connectivity index (χ3n) is 8.86. The fourth-order valence-corrected chi connectivity index (χ4v) is 6.47. The van der Waals surface area contributed by atoms with Crippen LogP contribution in [0.3, 0.4) is 0 Å². The molecule has 9 heteroatoms. The quantitative estimate of drug-likeness (QED) is 0.207. The molecule has 0 saturated carbocycles. The van der Waals surface area contributed by atoms with E-state index >= 15 is 0 Å². The van der Waals surface area contributed by atoms with Crippen molar-refractivity contribution >= 4 is 28.0 Å². The Hall–Kier alpha value is -3.05. The molecule has 4 aromatic carbocycles. The minimum Gasteiger partial charge on any atom is -0.377 e. The molecule has 1 aliphatic heterocycles. The number of aromatic nitrogens is 2. The van der Waals surface area contributed by atoms with Crippen LogP contribution in [0.5, 0.6) is 0 Å². The molecule has 0 unspecified atom stereocenters. The molecule has 1 fully saturated rings. The van der Waals surface area contributed by atoms with Gasteiger partial charge in [-0.15, -0.1) is 0 Å². The molecule has 1 aliphatic rings. The molecule has 7 nitrogen and oxygen atoms in total. The zero-order valence-electron chi connectivity index (χ0n) is 28.4. The van der Waals surface area contributed by atoms with Crippen molar-refractivity contribution in [2.45, 2.75) is 6.42 Å². The van der Waals surface area contributed by atoms with Gasteiger partial charge in [0.1, 0.15) is 31.1 Å². The number of hydrogen-bond acceptors (Lipinski definition) is 4. The molecule has 1 saturated heterocycles. The molecule has 0 aliphatic carbocycles. The first kappa shape index (κ1) is 37.8. The van der Waals surface area contributed by atoms with Crippen LogP contribution in [0.2, 0.25) is 0 Å². The summed E-state index contributed by atoms with van der Waals surface area (Å²) in [5.74, 6) is 0. The summed E-state index contributed by atoms with van der Waals surface area (Å²) >= 11 is 0. The minimum absolute atomic E-state index is 0. The van der Waals surface area contributed by atoms with Crippen LogP contribution < -0.4 is 61.3 Å². The number of hydrogen-bond donors (Lipinski definition) is 2. The number of H-pyrrole nitrogens is 2. The molecule has 246 valence electrons. The maximum atomic E-state index is 5.64. The molecule has 2 heterocycles. The van der Waals surface area contributed by atoms with Crippen molar-refractivity contribution in [2.75, 3.05) is 72.5 Å². The van der Waals surface area contributed by atoms with Gasteiger partial charge in [0.05, 0.1) is 65.8 Å². The third kappa shape index (κ3) is 11.3. The van der Waals surface area contributed by atoms with Gasteiger partial charge in [-0.1, -0.05) is 121 Å². The fourth-order valence-electron chi connectivity index (χ4n) is 6.47. The summed E-state index contributed by atoms with van der Waals surface area (Å²) < 4.78 is 22.1. The van der Waals surface area contributed by atoms with Crippen molar-refractivity contribution in [3.05, 3.63) is 140 Å². The van der Waals surface area contributed by atoms with Crippen LogP contribution in [0.4, 0.5) is 0 Å². The number of imidazole rings is 1. The molecule has 48 heavy (non-hydrogen) atoms. The molecule has 6 rings (SSSR count). The van der Waals surface area contributed by atoms with Gasteiger partial charge in [-0.05, 0) is 0 Å². The zero-order chi connectivity index (χ0) is 32.2. The summed E-state index contributed by atoms with van der Waals surface area (Å²) in [4.78, 5) is 7.75. The van der Waals surface area contributed by atoms with Gasteiger partial charge in [0.15, 0.2) is 0 Å². The maximum absolute atomic E-state index is 5.64. The summed E-state index contributed by atoms with van der Waals surface area (Å²) in [5, 5.41) is 0. The first-order valence-corrected chi connectivity index (χ1v) is 16.9. The number of ether oxygens (including phenoxy) is 4. The van der Waals surface area contributed by atoms with Crippen molar-refractivity contribution in [1.29, 1.82) is 0 Å². The molecule has 0 amide bonds. The van der Waals surface area contributed by atoms with Gasteiger partial charge in [0, 0.05) is 0 Å². The third-order valence-corrected chi connectivity index (χ3v) is 8.86. The average molecular weight is 658 g/mol. The van der Waals surface area contributed by atoms with Gasteiger partial charge in [0.25, 0.3) is 0 Å². The van der Waals surface area contributed by atoms with Crippen LogP contribution in [0.15, 0.2) is 134 Å². The second-order valence-corrected chi connectivity index (χ2v) is 11.8. The molecule has 0 spiro atoms. The summed E-state index contributed by atoms with van der Waals surface area (Å²) in [6.07, 6.45) is 3.66. The van der Waals surface area contributed by atoms with Crippen molar-refractivity contribution in [3.8, 4) is 0 Å². The Morgan fingerprint density at radius 2 is 0.875 bits per heavy atom. The van der Waals surface area contributed by atoms with Gasteiger partial charge in [0.2, 0.25) is 6.33 Å². The predicted octanol–water partition coefficient (Wildman–Crippen LogP) is -1.60. The molecule has 3 N–H and O–H groups in total. The Bertz CT molecular complexity index is 1320. The van der Waals surface area contributed by atoms with Crippen molar-refractivity contribution in [1.82, 2.24) is 4.98 Å². The first-order valence-electron chi connectivity index (χ1n) is 16.9. The van der Waals surface area contributed by atoms with Gasteiger partial charge in [-0.25, -0.2) is 4.98 Å². The van der Waals surface area contributed by atoms with E-state index in [9.17, 15) is 0 Å². The van der Waals surface area contributed by atoms with Crippen molar-refractivity contribution in [3.63, 3.8) is 0 Å². The summed E-state index contributed by atoms with van der Waals surface area (Å²) in [5.41, 5.74) is 6.58. The number of aromatic amines is 2. The molecule has 5 aromatic rings. The monoisotopic (exact) mass is 657 g/mol. The van der Waals surface area contributed by atoms with Crippen LogP contribution in [0.25, 0.3) is 0 Å². The van der Waals surface area contributed by atoms with Gasteiger partial charge < -0.3 is 23.8 Å². The van der Waals surface area contributed by atoms with Crippen LogP contribution in [-0.2, 0) is 25.4 Å². The Morgan fingerprint density at radius 1 is 0.521 bits per heavy atom. The number of benzene rings is 4. The Labute approximate surface area is 308 Å². The average Bonchev–Trinajstić information content (AvgIpc) is 3.66. The first-order chi connectivity index (χ1) is 23.4. The molecule has 0 bridgehead atoms. The van der Waals surface area contributed by atoms with Gasteiger partial charge >= 0.3 is 29.6 Å². The van der Waals surface area contributed by atoms with E-state index in [4.69, 9.17) is 18.9 Å². The van der Waals surface area contributed by atoms with E-state index in [1.54, 1.807) is 0 Å². The summed E-state index contributed by atoms with van der Waals surface area (Å²) in [7, 11) is 0. The molecule has 1 aromatic heterocycles. The van der Waals surface area contributed by atoms with Gasteiger partial charge in [-0.2, -0.15) is 21.9 Å². The number of nitrogens with one attached hydrogen (secondary N) is 3. The number of rotatable bonds is 7. The standard InChI is InChI=1S/C24H20B.C15H27N3O4.Na/c1-5-13-21(14-6-1)25(22-15-7-2-8-16-22,23-17-9-3-10-18-23)24-19-11-4-12-20-24;1(15-13-16-14-17-15)2-18-3-5-19-7-9-21-11-12-22-10-8-20-6-4-18;/h1-20H;13-14H,1-12H2,(H,16,17);/q-1;;+1/p+2. The van der Waals surface area contributed by atoms with E-state index in [1.165, 1.54) is 32.4 Å². The SMILES string of the molecule is [Na+].c1[nH]cc(CC[NH+]2CCOCCOCCOCCOCC2)[nH+]1.c1ccc([B-](c2ccccc2)(c2ccccc2)c2ccccc2)cc1. The van der Waals surface area contributed by atoms with Crippen molar-refractivity contribution < 1.29 is 58.4 Å². The topological polar surface area (TPSA) is 71.3 Å². The largest absolute Gasteiger partial charge is 1.00 e. The van der Waals surface area contributed by atoms with Crippen LogP contribution in [0.1, 0.15) is 5.69 Å². The van der Waals surface area contributed by atoms with E-state index in [0.717, 1.165) is 39.3 Å². The molecular weight excluding hydrogens is 608 g/mol. The summed E-state index contributed by atoms with van der Waals surface area (Å²) in [6.45, 7) is 8.36. The van der Waals surface area contributed by atoms with Crippen LogP contribution in [0, 0.1) is 0 Å². The Balaban J connectivity index is 0.000000214. The normalized spacial score (nSPS) is 15.5. The fraction of sp³-hybridized carbons (Fsp3) is 0.308. The molecular formula is C39H49BN3NaO4+2. The van der Waals surface area contributed by atoms with Crippen molar-refractivity contribution in [2.24, 2.45) is 0 Å². The zero-order valence-corrected chi connectivity index (χ0v) is 30.4. The molecule has 0 atom stereocenters. The smallest absolute Gasteiger partial charge is 0.377 e. The maximum Gasteiger partial charge on any atom is 1.00 e.